The van der Waals surface area contributed by atoms with Gasteiger partial charge in [0, 0.05) is 0 Å². The van der Waals surface area contributed by atoms with Crippen LogP contribution in [-0.4, -0.2) is 11.5 Å². The molecule has 0 amide bonds. The van der Waals surface area contributed by atoms with Crippen molar-refractivity contribution in [1.82, 2.24) is 0 Å². The van der Waals surface area contributed by atoms with Crippen LogP contribution in [0.3, 0.4) is 0 Å². The van der Waals surface area contributed by atoms with Gasteiger partial charge in [0.2, 0.25) is 0 Å². The minimum Gasteiger partial charge on any atom is -0.162 e. The van der Waals surface area contributed by atoms with Crippen molar-refractivity contribution >= 4 is 11.8 Å². The lowest BCUT2D eigenvalue weighted by Crippen LogP contribution is -1.91. The van der Waals surface area contributed by atoms with Gasteiger partial charge >= 0.3 is 0 Å². The second-order valence-electron chi connectivity index (χ2n) is 3.33. The van der Waals surface area contributed by atoms with E-state index in [0.29, 0.717) is 0 Å². The van der Waals surface area contributed by atoms with Crippen molar-refractivity contribution < 1.29 is 0 Å². The lowest BCUT2D eigenvalue weighted by Gasteiger charge is -2.05. The Bertz CT molecular complexity index is 190. The molecule has 72 valence electrons. The molecule has 1 fully saturated rings. The van der Waals surface area contributed by atoms with Gasteiger partial charge in [-0.25, -0.2) is 0 Å². The second kappa shape index (κ2) is 7.02. The molecule has 0 unspecified atom stereocenters. The highest BCUT2D eigenvalue weighted by Gasteiger charge is 1.95. The SMILES string of the molecule is C1CCSCC1.Cc1ccccc1. The van der Waals surface area contributed by atoms with Gasteiger partial charge in [-0.2, -0.15) is 11.8 Å². The first-order valence-electron chi connectivity index (χ1n) is 4.99. The zero-order chi connectivity index (χ0) is 9.36. The van der Waals surface area contributed by atoms with Crippen molar-refractivity contribution in [2.45, 2.75) is 26.2 Å². The predicted molar refractivity (Wildman–Crippen MR) is 62.4 cm³/mol. The number of thioether (sulfide) groups is 1. The van der Waals surface area contributed by atoms with Crippen LogP contribution >= 0.6 is 11.8 Å². The molecule has 0 N–H and O–H groups in total. The van der Waals surface area contributed by atoms with Gasteiger partial charge in [0.05, 0.1) is 0 Å². The van der Waals surface area contributed by atoms with Crippen molar-refractivity contribution in [3.63, 3.8) is 0 Å². The van der Waals surface area contributed by atoms with Crippen molar-refractivity contribution in [3.05, 3.63) is 35.9 Å². The lowest BCUT2D eigenvalue weighted by molar-refractivity contribution is 0.764. The fourth-order valence-electron chi connectivity index (χ4n) is 1.22. The summed E-state index contributed by atoms with van der Waals surface area (Å²) >= 11 is 2.09. The molecule has 0 atom stereocenters. The van der Waals surface area contributed by atoms with Gasteiger partial charge in [0.15, 0.2) is 0 Å². The van der Waals surface area contributed by atoms with E-state index >= 15 is 0 Å². The summed E-state index contributed by atoms with van der Waals surface area (Å²) in [6.45, 7) is 2.08. The number of benzene rings is 1. The molecular weight excluding hydrogens is 176 g/mol. The first kappa shape index (κ1) is 10.6. The number of hydrogen-bond acceptors (Lipinski definition) is 1. The molecule has 2 rings (SSSR count). The van der Waals surface area contributed by atoms with Crippen LogP contribution < -0.4 is 0 Å². The van der Waals surface area contributed by atoms with Crippen molar-refractivity contribution in [2.75, 3.05) is 11.5 Å². The predicted octanol–water partition coefficient (Wildman–Crippen LogP) is 3.90. The largest absolute Gasteiger partial charge is 0.162 e. The molecule has 1 aliphatic heterocycles. The van der Waals surface area contributed by atoms with Crippen LogP contribution in [0.4, 0.5) is 0 Å². The highest BCUT2D eigenvalue weighted by molar-refractivity contribution is 7.99. The maximum Gasteiger partial charge on any atom is -0.00675 e. The minimum atomic E-state index is 1.32. The van der Waals surface area contributed by atoms with Gasteiger partial charge in [-0.1, -0.05) is 42.3 Å². The quantitative estimate of drug-likeness (QED) is 0.603. The summed E-state index contributed by atoms with van der Waals surface area (Å²) in [5.74, 6) is 2.83. The van der Waals surface area contributed by atoms with Crippen LogP contribution in [0, 0.1) is 6.92 Å². The molecule has 1 aromatic rings. The van der Waals surface area contributed by atoms with E-state index in [2.05, 4.69) is 30.8 Å². The highest BCUT2D eigenvalue weighted by atomic mass is 32.2. The maximum atomic E-state index is 2.09. The summed E-state index contributed by atoms with van der Waals surface area (Å²) in [7, 11) is 0. The van der Waals surface area contributed by atoms with E-state index in [-0.39, 0.29) is 0 Å². The Morgan fingerprint density at radius 2 is 1.54 bits per heavy atom. The molecule has 0 spiro atoms. The minimum absolute atomic E-state index is 1.32. The molecule has 0 saturated carbocycles. The molecule has 1 heterocycles. The Morgan fingerprint density at radius 3 is 1.77 bits per heavy atom. The van der Waals surface area contributed by atoms with Crippen LogP contribution in [0.15, 0.2) is 30.3 Å². The summed E-state index contributed by atoms with van der Waals surface area (Å²) < 4.78 is 0. The van der Waals surface area contributed by atoms with Gasteiger partial charge in [-0.3, -0.25) is 0 Å². The molecule has 0 bridgehead atoms. The van der Waals surface area contributed by atoms with E-state index in [1.54, 1.807) is 0 Å². The topological polar surface area (TPSA) is 0 Å². The zero-order valence-electron chi connectivity index (χ0n) is 8.33. The normalized spacial score (nSPS) is 15.8. The highest BCUT2D eigenvalue weighted by Crippen LogP contribution is 2.14. The molecule has 0 nitrogen and oxygen atoms in total. The fourth-order valence-corrected chi connectivity index (χ4v) is 2.24. The second-order valence-corrected chi connectivity index (χ2v) is 4.55. The molecule has 1 aliphatic rings. The van der Waals surface area contributed by atoms with Crippen LogP contribution in [0.2, 0.25) is 0 Å². The van der Waals surface area contributed by atoms with Crippen molar-refractivity contribution in [1.29, 1.82) is 0 Å². The van der Waals surface area contributed by atoms with Crippen molar-refractivity contribution in [2.24, 2.45) is 0 Å². The van der Waals surface area contributed by atoms with Gasteiger partial charge < -0.3 is 0 Å². The summed E-state index contributed by atoms with van der Waals surface area (Å²) in [5.41, 5.74) is 1.32. The molecule has 1 saturated heterocycles. The fraction of sp³-hybridized carbons (Fsp3) is 0.500. The Morgan fingerprint density at radius 1 is 0.923 bits per heavy atom. The molecule has 1 aromatic carbocycles. The van der Waals surface area contributed by atoms with Gasteiger partial charge in [-0.05, 0) is 31.3 Å². The smallest absolute Gasteiger partial charge is 0.00675 e. The first-order chi connectivity index (χ1) is 6.39. The van der Waals surface area contributed by atoms with E-state index in [1.165, 1.54) is 36.3 Å². The Labute approximate surface area is 85.7 Å². The third-order valence-electron chi connectivity index (χ3n) is 2.02. The standard InChI is InChI=1S/C7H8.C5H10S/c1-7-5-3-2-4-6-7;1-2-4-6-5-3-1/h2-6H,1H3;1-5H2. The number of hydrogen-bond donors (Lipinski definition) is 0. The van der Waals surface area contributed by atoms with E-state index < -0.39 is 0 Å². The Balaban J connectivity index is 0.000000132. The van der Waals surface area contributed by atoms with Gasteiger partial charge in [0.25, 0.3) is 0 Å². The van der Waals surface area contributed by atoms with E-state index in [0.717, 1.165) is 0 Å². The Hall–Kier alpha value is -0.430. The lowest BCUT2D eigenvalue weighted by atomic mass is 10.2. The molecular formula is C12H18S. The molecule has 13 heavy (non-hydrogen) atoms. The monoisotopic (exact) mass is 194 g/mol. The van der Waals surface area contributed by atoms with E-state index in [9.17, 15) is 0 Å². The van der Waals surface area contributed by atoms with E-state index in [1.807, 2.05) is 18.2 Å². The van der Waals surface area contributed by atoms with Crippen LogP contribution in [0.25, 0.3) is 0 Å². The third-order valence-corrected chi connectivity index (χ3v) is 3.17. The van der Waals surface area contributed by atoms with Crippen LogP contribution in [0.5, 0.6) is 0 Å². The summed E-state index contributed by atoms with van der Waals surface area (Å²) in [4.78, 5) is 0. The first-order valence-corrected chi connectivity index (χ1v) is 6.14. The summed E-state index contributed by atoms with van der Waals surface area (Å²) in [5, 5.41) is 0. The molecule has 0 radical (unpaired) electrons. The van der Waals surface area contributed by atoms with Crippen LogP contribution in [0.1, 0.15) is 24.8 Å². The summed E-state index contributed by atoms with van der Waals surface area (Å²) in [6, 6.07) is 10.3. The average Bonchev–Trinajstić information content (AvgIpc) is 2.22. The molecule has 0 aromatic heterocycles. The van der Waals surface area contributed by atoms with Crippen molar-refractivity contribution in [3.8, 4) is 0 Å². The maximum absolute atomic E-state index is 2.09. The number of rotatable bonds is 0. The summed E-state index contributed by atoms with van der Waals surface area (Å²) in [6.07, 6.45) is 4.41. The molecule has 0 aliphatic carbocycles. The average molecular weight is 194 g/mol. The third kappa shape index (κ3) is 5.75. The van der Waals surface area contributed by atoms with Gasteiger partial charge in [-0.15, -0.1) is 0 Å². The zero-order valence-corrected chi connectivity index (χ0v) is 9.15. The Kier molecular flexibility index (Phi) is 5.75. The molecule has 1 heteroatoms. The number of aryl methyl sites for hydroxylation is 1. The van der Waals surface area contributed by atoms with Crippen LogP contribution in [-0.2, 0) is 0 Å². The van der Waals surface area contributed by atoms with Gasteiger partial charge in [0.1, 0.15) is 0 Å². The van der Waals surface area contributed by atoms with E-state index in [4.69, 9.17) is 0 Å².